The van der Waals surface area contributed by atoms with Gasteiger partial charge in [-0.15, -0.1) is 0 Å². The Kier molecular flexibility index (Phi) is 4.71. The smallest absolute Gasteiger partial charge is 0.208 e. The van der Waals surface area contributed by atoms with E-state index in [9.17, 15) is 0 Å². The standard InChI is InChI=1S/C18H24N2O/c1-14-12-19-17(21-14)13-20-18(15-8-4-2-5-9-15)16-10-6-3-7-11-16/h2,4-5,8-9,12,16,18,20H,3,6-7,10-11,13H2,1H3. The lowest BCUT2D eigenvalue weighted by atomic mass is 9.81. The highest BCUT2D eigenvalue weighted by atomic mass is 16.4. The fourth-order valence-corrected chi connectivity index (χ4v) is 3.36. The molecule has 1 aliphatic rings. The number of hydrogen-bond acceptors (Lipinski definition) is 3. The lowest BCUT2D eigenvalue weighted by Gasteiger charge is -2.31. The van der Waals surface area contributed by atoms with E-state index in [0.29, 0.717) is 12.6 Å². The summed E-state index contributed by atoms with van der Waals surface area (Å²) < 4.78 is 5.58. The van der Waals surface area contributed by atoms with Crippen LogP contribution in [0.15, 0.2) is 40.9 Å². The van der Waals surface area contributed by atoms with Crippen LogP contribution in [0, 0.1) is 12.8 Å². The molecule has 1 N–H and O–H groups in total. The summed E-state index contributed by atoms with van der Waals surface area (Å²) in [5.74, 6) is 2.38. The first-order valence-corrected chi connectivity index (χ1v) is 8.02. The van der Waals surface area contributed by atoms with E-state index in [4.69, 9.17) is 4.42 Å². The van der Waals surface area contributed by atoms with Gasteiger partial charge in [-0.2, -0.15) is 0 Å². The molecule has 0 saturated heterocycles. The normalized spacial score (nSPS) is 17.8. The van der Waals surface area contributed by atoms with Gasteiger partial charge < -0.3 is 9.73 Å². The van der Waals surface area contributed by atoms with Crippen LogP contribution in [0.5, 0.6) is 0 Å². The fraction of sp³-hybridized carbons (Fsp3) is 0.500. The highest BCUT2D eigenvalue weighted by Gasteiger charge is 2.24. The number of benzene rings is 1. The van der Waals surface area contributed by atoms with Gasteiger partial charge in [0, 0.05) is 6.04 Å². The predicted octanol–water partition coefficient (Wildman–Crippen LogP) is 4.39. The first-order chi connectivity index (χ1) is 10.3. The molecule has 1 unspecified atom stereocenters. The number of nitrogens with zero attached hydrogens (tertiary/aromatic N) is 1. The summed E-state index contributed by atoms with van der Waals surface area (Å²) in [6, 6.07) is 11.2. The molecule has 0 amide bonds. The van der Waals surface area contributed by atoms with Gasteiger partial charge in [0.1, 0.15) is 5.76 Å². The van der Waals surface area contributed by atoms with Crippen LogP contribution in [0.1, 0.15) is 55.4 Å². The van der Waals surface area contributed by atoms with Gasteiger partial charge in [0.2, 0.25) is 5.89 Å². The molecule has 21 heavy (non-hydrogen) atoms. The third-order valence-corrected chi connectivity index (χ3v) is 4.42. The minimum absolute atomic E-state index is 0.402. The van der Waals surface area contributed by atoms with E-state index in [1.807, 2.05) is 6.92 Å². The zero-order valence-electron chi connectivity index (χ0n) is 12.7. The van der Waals surface area contributed by atoms with Crippen molar-refractivity contribution < 1.29 is 4.42 Å². The highest BCUT2D eigenvalue weighted by Crippen LogP contribution is 2.34. The number of aryl methyl sites for hydroxylation is 1. The molecule has 3 nitrogen and oxygen atoms in total. The molecule has 1 atom stereocenters. The Morgan fingerprint density at radius 3 is 2.62 bits per heavy atom. The first-order valence-electron chi connectivity index (χ1n) is 8.02. The van der Waals surface area contributed by atoms with Gasteiger partial charge in [0.15, 0.2) is 0 Å². The fourth-order valence-electron chi connectivity index (χ4n) is 3.36. The predicted molar refractivity (Wildman–Crippen MR) is 83.8 cm³/mol. The number of rotatable bonds is 5. The van der Waals surface area contributed by atoms with E-state index in [0.717, 1.165) is 17.6 Å². The Balaban J connectivity index is 1.72. The first kappa shape index (κ1) is 14.3. The molecule has 1 heterocycles. The summed E-state index contributed by atoms with van der Waals surface area (Å²) in [5, 5.41) is 3.68. The van der Waals surface area contributed by atoms with Gasteiger partial charge in [-0.25, -0.2) is 4.98 Å². The van der Waals surface area contributed by atoms with Crippen molar-refractivity contribution in [2.24, 2.45) is 5.92 Å². The van der Waals surface area contributed by atoms with Gasteiger partial charge in [-0.3, -0.25) is 0 Å². The van der Waals surface area contributed by atoms with Gasteiger partial charge in [-0.1, -0.05) is 49.6 Å². The summed E-state index contributed by atoms with van der Waals surface area (Å²) in [5.41, 5.74) is 1.38. The molecule has 0 radical (unpaired) electrons. The third-order valence-electron chi connectivity index (χ3n) is 4.42. The molecule has 3 heteroatoms. The average Bonchev–Trinajstić information content (AvgIpc) is 2.95. The molecular formula is C18H24N2O. The van der Waals surface area contributed by atoms with Crippen LogP contribution in [-0.2, 0) is 6.54 Å². The largest absolute Gasteiger partial charge is 0.445 e. The minimum atomic E-state index is 0.402. The van der Waals surface area contributed by atoms with Crippen LogP contribution in [0.3, 0.4) is 0 Å². The van der Waals surface area contributed by atoms with Gasteiger partial charge >= 0.3 is 0 Å². The summed E-state index contributed by atoms with van der Waals surface area (Å²) >= 11 is 0. The van der Waals surface area contributed by atoms with Crippen LogP contribution in [-0.4, -0.2) is 4.98 Å². The van der Waals surface area contributed by atoms with Crippen molar-refractivity contribution in [3.05, 3.63) is 53.7 Å². The van der Waals surface area contributed by atoms with Crippen molar-refractivity contribution in [2.75, 3.05) is 0 Å². The molecule has 0 bridgehead atoms. The van der Waals surface area contributed by atoms with Gasteiger partial charge in [-0.05, 0) is 31.2 Å². The van der Waals surface area contributed by atoms with Crippen molar-refractivity contribution in [2.45, 2.75) is 51.6 Å². The second-order valence-corrected chi connectivity index (χ2v) is 6.03. The Morgan fingerprint density at radius 2 is 1.95 bits per heavy atom. The van der Waals surface area contributed by atoms with E-state index in [1.165, 1.54) is 37.7 Å². The molecule has 3 rings (SSSR count). The van der Waals surface area contributed by atoms with E-state index >= 15 is 0 Å². The lowest BCUT2D eigenvalue weighted by Crippen LogP contribution is -2.29. The Bertz CT molecular complexity index is 543. The zero-order valence-corrected chi connectivity index (χ0v) is 12.7. The van der Waals surface area contributed by atoms with E-state index in [-0.39, 0.29) is 0 Å². The molecular weight excluding hydrogens is 260 g/mol. The van der Waals surface area contributed by atoms with Crippen LogP contribution >= 0.6 is 0 Å². The van der Waals surface area contributed by atoms with E-state index < -0.39 is 0 Å². The minimum Gasteiger partial charge on any atom is -0.445 e. The quantitative estimate of drug-likeness (QED) is 0.884. The molecule has 1 aromatic heterocycles. The number of oxazole rings is 1. The second-order valence-electron chi connectivity index (χ2n) is 6.03. The van der Waals surface area contributed by atoms with Gasteiger partial charge in [0.25, 0.3) is 0 Å². The average molecular weight is 284 g/mol. The summed E-state index contributed by atoms with van der Waals surface area (Å²) in [6.07, 6.45) is 8.52. The Hall–Kier alpha value is -1.61. The van der Waals surface area contributed by atoms with Crippen molar-refractivity contribution in [1.29, 1.82) is 0 Å². The van der Waals surface area contributed by atoms with E-state index in [2.05, 4.69) is 40.6 Å². The number of nitrogens with one attached hydrogen (secondary N) is 1. The van der Waals surface area contributed by atoms with Crippen LogP contribution < -0.4 is 5.32 Å². The molecule has 1 saturated carbocycles. The maximum atomic E-state index is 5.58. The molecule has 2 aromatic rings. The number of hydrogen-bond donors (Lipinski definition) is 1. The molecule has 1 fully saturated rings. The topological polar surface area (TPSA) is 38.1 Å². The van der Waals surface area contributed by atoms with Crippen LogP contribution in [0.4, 0.5) is 0 Å². The highest BCUT2D eigenvalue weighted by molar-refractivity contribution is 5.20. The van der Waals surface area contributed by atoms with Gasteiger partial charge in [0.05, 0.1) is 12.7 Å². The third kappa shape index (κ3) is 3.73. The number of aromatic nitrogens is 1. The summed E-state index contributed by atoms with van der Waals surface area (Å²) in [7, 11) is 0. The van der Waals surface area contributed by atoms with Crippen molar-refractivity contribution in [3.63, 3.8) is 0 Å². The van der Waals surface area contributed by atoms with Crippen LogP contribution in [0.25, 0.3) is 0 Å². The molecule has 0 aliphatic heterocycles. The summed E-state index contributed by atoms with van der Waals surface area (Å²) in [6.45, 7) is 2.64. The Labute approximate surface area is 126 Å². The maximum Gasteiger partial charge on any atom is 0.208 e. The van der Waals surface area contributed by atoms with Crippen molar-refractivity contribution in [3.8, 4) is 0 Å². The van der Waals surface area contributed by atoms with Crippen molar-refractivity contribution in [1.82, 2.24) is 10.3 Å². The summed E-state index contributed by atoms with van der Waals surface area (Å²) in [4.78, 5) is 4.30. The second kappa shape index (κ2) is 6.90. The molecule has 1 aromatic carbocycles. The SMILES string of the molecule is Cc1cnc(CNC(c2ccccc2)C2CCCCC2)o1. The zero-order chi connectivity index (χ0) is 14.5. The van der Waals surface area contributed by atoms with E-state index in [1.54, 1.807) is 6.20 Å². The van der Waals surface area contributed by atoms with Crippen molar-refractivity contribution >= 4 is 0 Å². The molecule has 112 valence electrons. The monoisotopic (exact) mass is 284 g/mol. The maximum absolute atomic E-state index is 5.58. The van der Waals surface area contributed by atoms with Crippen LogP contribution in [0.2, 0.25) is 0 Å². The Morgan fingerprint density at radius 1 is 1.19 bits per heavy atom. The molecule has 1 aliphatic carbocycles. The lowest BCUT2D eigenvalue weighted by molar-refractivity contribution is 0.263. The molecule has 0 spiro atoms.